The molecule has 2 aromatic rings. The van der Waals surface area contributed by atoms with Gasteiger partial charge in [-0.3, -0.25) is 0 Å². The maximum Gasteiger partial charge on any atom is 0.419 e. The summed E-state index contributed by atoms with van der Waals surface area (Å²) in [7, 11) is 0. The minimum absolute atomic E-state index is 0.0613. The molecule has 0 aromatic carbocycles. The van der Waals surface area contributed by atoms with Crippen molar-refractivity contribution in [2.75, 3.05) is 73.6 Å². The maximum absolute atomic E-state index is 13.8. The summed E-state index contributed by atoms with van der Waals surface area (Å²) in [4.78, 5) is 26.4. The minimum atomic E-state index is -4.48. The van der Waals surface area contributed by atoms with E-state index in [2.05, 4.69) is 34.9 Å². The summed E-state index contributed by atoms with van der Waals surface area (Å²) in [5.41, 5.74) is -0.0368. The summed E-state index contributed by atoms with van der Waals surface area (Å²) in [5.74, 6) is 1.17. The molecule has 40 heavy (non-hydrogen) atoms. The van der Waals surface area contributed by atoms with E-state index in [1.807, 2.05) is 4.90 Å². The van der Waals surface area contributed by atoms with E-state index in [9.17, 15) is 17.6 Å². The molecular formula is C28H34F4N8. The summed E-state index contributed by atoms with van der Waals surface area (Å²) in [6, 6.07) is 2.36. The van der Waals surface area contributed by atoms with E-state index in [1.165, 1.54) is 18.3 Å². The van der Waals surface area contributed by atoms with E-state index < -0.39 is 11.7 Å². The largest absolute Gasteiger partial charge is 0.419 e. The van der Waals surface area contributed by atoms with E-state index in [4.69, 9.17) is 15.0 Å². The fraction of sp³-hybridized carbons (Fsp3) is 0.429. The van der Waals surface area contributed by atoms with Crippen LogP contribution in [0.4, 0.5) is 35.3 Å². The van der Waals surface area contributed by atoms with Gasteiger partial charge in [0, 0.05) is 70.5 Å². The van der Waals surface area contributed by atoms with Crippen LogP contribution in [-0.4, -0.2) is 83.7 Å². The molecule has 2 fully saturated rings. The van der Waals surface area contributed by atoms with Crippen LogP contribution >= 0.6 is 0 Å². The van der Waals surface area contributed by atoms with Crippen LogP contribution in [-0.2, 0) is 6.18 Å². The lowest BCUT2D eigenvalue weighted by Crippen LogP contribution is -2.49. The fourth-order valence-electron chi connectivity index (χ4n) is 4.78. The van der Waals surface area contributed by atoms with Gasteiger partial charge in [0.15, 0.2) is 5.82 Å². The maximum atomic E-state index is 13.8. The van der Waals surface area contributed by atoms with Crippen LogP contribution in [0.2, 0.25) is 0 Å². The van der Waals surface area contributed by atoms with Crippen LogP contribution in [0.15, 0.2) is 61.6 Å². The summed E-state index contributed by atoms with van der Waals surface area (Å²) < 4.78 is 54.4. The van der Waals surface area contributed by atoms with Crippen LogP contribution in [0.1, 0.15) is 24.7 Å². The number of allylic oxidation sites excluding steroid dienone is 6. The normalized spacial score (nSPS) is 18.5. The lowest BCUT2D eigenvalue weighted by atomic mass is 10.2. The summed E-state index contributed by atoms with van der Waals surface area (Å²) in [6.07, 6.45) is 3.65. The molecule has 0 atom stereocenters. The van der Waals surface area contributed by atoms with Gasteiger partial charge < -0.3 is 19.6 Å². The molecule has 214 valence electrons. The Balaban J connectivity index is 0.00000181. The van der Waals surface area contributed by atoms with Crippen molar-refractivity contribution in [1.29, 1.82) is 0 Å². The van der Waals surface area contributed by atoms with Gasteiger partial charge in [0.25, 0.3) is 0 Å². The summed E-state index contributed by atoms with van der Waals surface area (Å²) in [6.45, 7) is 14.0. The third-order valence-corrected chi connectivity index (χ3v) is 7.00. The highest BCUT2D eigenvalue weighted by Gasteiger charge is 2.36. The molecule has 5 rings (SSSR count). The van der Waals surface area contributed by atoms with E-state index in [0.29, 0.717) is 49.5 Å². The van der Waals surface area contributed by atoms with E-state index >= 15 is 0 Å². The Labute approximate surface area is 232 Å². The van der Waals surface area contributed by atoms with Gasteiger partial charge in [-0.15, -0.1) is 13.2 Å². The molecular weight excluding hydrogens is 524 g/mol. The Morgan fingerprint density at radius 2 is 1.48 bits per heavy atom. The molecule has 0 spiro atoms. The lowest BCUT2D eigenvalue weighted by Gasteiger charge is -2.37. The first-order valence-corrected chi connectivity index (χ1v) is 13.3. The first-order chi connectivity index (χ1) is 19.3. The third kappa shape index (κ3) is 6.85. The quantitative estimate of drug-likeness (QED) is 0.385. The molecule has 1 aliphatic carbocycles. The number of hydrogen-bond acceptors (Lipinski definition) is 8. The van der Waals surface area contributed by atoms with Gasteiger partial charge >= 0.3 is 6.18 Å². The zero-order valence-corrected chi connectivity index (χ0v) is 22.6. The molecule has 0 bridgehead atoms. The first kappa shape index (κ1) is 29.2. The molecule has 2 aliphatic heterocycles. The molecule has 2 saturated heterocycles. The molecule has 0 saturated carbocycles. The van der Waals surface area contributed by atoms with Gasteiger partial charge in [0.2, 0.25) is 11.9 Å². The van der Waals surface area contributed by atoms with Gasteiger partial charge in [-0.2, -0.15) is 28.1 Å². The molecule has 0 radical (unpaired) electrons. The monoisotopic (exact) mass is 558 g/mol. The highest BCUT2D eigenvalue weighted by Crippen LogP contribution is 2.35. The predicted octanol–water partition coefficient (Wildman–Crippen LogP) is 4.75. The van der Waals surface area contributed by atoms with Gasteiger partial charge in [0.1, 0.15) is 11.6 Å². The predicted molar refractivity (Wildman–Crippen MR) is 150 cm³/mol. The van der Waals surface area contributed by atoms with Crippen molar-refractivity contribution in [2.24, 2.45) is 0 Å². The second kappa shape index (κ2) is 13.0. The fourth-order valence-corrected chi connectivity index (χ4v) is 4.78. The Morgan fingerprint density at radius 1 is 0.875 bits per heavy atom. The van der Waals surface area contributed by atoms with E-state index in [-0.39, 0.29) is 18.1 Å². The molecule has 0 unspecified atom stereocenters. The van der Waals surface area contributed by atoms with Crippen LogP contribution in [0, 0.1) is 0 Å². The second-order valence-corrected chi connectivity index (χ2v) is 9.36. The van der Waals surface area contributed by atoms with Crippen molar-refractivity contribution in [2.45, 2.75) is 19.5 Å². The smallest absolute Gasteiger partial charge is 0.353 e. The van der Waals surface area contributed by atoms with Crippen LogP contribution in [0.25, 0.3) is 5.57 Å². The Kier molecular flexibility index (Phi) is 9.51. The van der Waals surface area contributed by atoms with E-state index in [0.717, 1.165) is 38.8 Å². The van der Waals surface area contributed by atoms with Gasteiger partial charge in [0.05, 0.1) is 5.56 Å². The van der Waals surface area contributed by atoms with Gasteiger partial charge in [-0.25, -0.2) is 9.37 Å². The lowest BCUT2D eigenvalue weighted by molar-refractivity contribution is -0.137. The highest BCUT2D eigenvalue weighted by molar-refractivity contribution is 5.72. The SMILES string of the molecule is C=C.CCN1CCN(c2nc(C3=CCC(F)=CC=C3)nc(N3CCN(c4ncccc4C(F)(F)F)CC3)n2)CC1. The highest BCUT2D eigenvalue weighted by atomic mass is 19.4. The third-order valence-electron chi connectivity index (χ3n) is 7.00. The van der Waals surface area contributed by atoms with Gasteiger partial charge in [-0.1, -0.05) is 25.2 Å². The number of rotatable bonds is 5. The number of likely N-dealkylation sites (N-methyl/N-ethyl adjacent to an activating group) is 1. The van der Waals surface area contributed by atoms with Crippen molar-refractivity contribution >= 4 is 23.3 Å². The van der Waals surface area contributed by atoms with Crippen molar-refractivity contribution in [3.63, 3.8) is 0 Å². The molecule has 12 heteroatoms. The van der Waals surface area contributed by atoms with Crippen molar-refractivity contribution in [3.05, 3.63) is 73.0 Å². The van der Waals surface area contributed by atoms with Crippen molar-refractivity contribution < 1.29 is 17.6 Å². The number of nitrogens with zero attached hydrogens (tertiary/aromatic N) is 8. The van der Waals surface area contributed by atoms with Crippen LogP contribution in [0.5, 0.6) is 0 Å². The van der Waals surface area contributed by atoms with Crippen molar-refractivity contribution in [1.82, 2.24) is 24.8 Å². The zero-order valence-electron chi connectivity index (χ0n) is 22.6. The van der Waals surface area contributed by atoms with Crippen LogP contribution in [0.3, 0.4) is 0 Å². The average molecular weight is 559 g/mol. The molecule has 0 amide bonds. The summed E-state index contributed by atoms with van der Waals surface area (Å²) >= 11 is 0. The number of anilines is 3. The topological polar surface area (TPSA) is 64.5 Å². The number of pyridine rings is 1. The Morgan fingerprint density at radius 3 is 2.08 bits per heavy atom. The van der Waals surface area contributed by atoms with Crippen molar-refractivity contribution in [3.8, 4) is 0 Å². The Hall–Kier alpha value is -3.80. The molecule has 2 aromatic heterocycles. The molecule has 4 heterocycles. The molecule has 3 aliphatic rings. The van der Waals surface area contributed by atoms with Gasteiger partial charge in [-0.05, 0) is 24.8 Å². The number of halogens is 4. The zero-order chi connectivity index (χ0) is 28.7. The standard InChI is InChI=1S/C26H30F4N8.C2H4/c1-2-35-11-13-37(14-12-35)24-32-22(19-5-3-6-20(27)9-8-19)33-25(34-24)38-17-15-36(16-18-38)23-21(26(28,29)30)7-4-10-31-23;1-2/h3-8,10H,2,9,11-18H2,1H3;1-2H2. The first-order valence-electron chi connectivity index (χ1n) is 13.3. The number of piperazine rings is 2. The number of alkyl halides is 3. The molecule has 8 nitrogen and oxygen atoms in total. The van der Waals surface area contributed by atoms with Crippen LogP contribution < -0.4 is 14.7 Å². The second-order valence-electron chi connectivity index (χ2n) is 9.36. The summed E-state index contributed by atoms with van der Waals surface area (Å²) in [5, 5.41) is 0. The molecule has 0 N–H and O–H groups in total. The average Bonchev–Trinajstić information content (AvgIpc) is 3.22. The van der Waals surface area contributed by atoms with E-state index in [1.54, 1.807) is 23.1 Å². The number of hydrogen-bond donors (Lipinski definition) is 0. The number of aromatic nitrogens is 4. The minimum Gasteiger partial charge on any atom is -0.353 e. The Bertz CT molecular complexity index is 1240.